The number of hydrogen-bond acceptors (Lipinski definition) is 5. The van der Waals surface area contributed by atoms with Crippen LogP contribution in [-0.2, 0) is 16.0 Å². The highest BCUT2D eigenvalue weighted by molar-refractivity contribution is 5.80. The van der Waals surface area contributed by atoms with E-state index in [-0.39, 0.29) is 12.1 Å². The van der Waals surface area contributed by atoms with Crippen LogP contribution in [0.2, 0.25) is 0 Å². The first kappa shape index (κ1) is 27.3. The number of benzene rings is 1. The molecule has 1 aliphatic heterocycles. The number of rotatable bonds is 18. The standard InChI is InChI=1S/C30H44N2O3/c1-3-5-7-9-11-12-14-16-27-29(35-27)30(33)34-26-20-18-24(19-21-26)25-22-31-28(32-23-25)17-15-13-10-8-6-4-2/h18-23,27,29H,3-17H2,1-2H3/t27-,29+/m0/s1. The number of epoxide rings is 1. The van der Waals surface area contributed by atoms with Crippen LogP contribution in [0, 0.1) is 0 Å². The molecule has 5 nitrogen and oxygen atoms in total. The molecule has 2 heterocycles. The molecule has 2 aromatic rings. The van der Waals surface area contributed by atoms with E-state index >= 15 is 0 Å². The summed E-state index contributed by atoms with van der Waals surface area (Å²) in [5.41, 5.74) is 1.98. The summed E-state index contributed by atoms with van der Waals surface area (Å²) in [7, 11) is 0. The van der Waals surface area contributed by atoms with Crippen LogP contribution in [0.3, 0.4) is 0 Å². The zero-order valence-corrected chi connectivity index (χ0v) is 21.8. The Balaban J connectivity index is 1.33. The van der Waals surface area contributed by atoms with Gasteiger partial charge in [0, 0.05) is 24.4 Å². The normalized spacial score (nSPS) is 16.9. The Kier molecular flexibility index (Phi) is 12.2. The molecule has 0 saturated carbocycles. The Labute approximate surface area is 212 Å². The topological polar surface area (TPSA) is 64.6 Å². The van der Waals surface area contributed by atoms with Gasteiger partial charge in [0.2, 0.25) is 0 Å². The van der Waals surface area contributed by atoms with Crippen LogP contribution < -0.4 is 4.74 Å². The van der Waals surface area contributed by atoms with Gasteiger partial charge in [-0.25, -0.2) is 14.8 Å². The largest absolute Gasteiger partial charge is 0.425 e. The molecule has 0 spiro atoms. The van der Waals surface area contributed by atoms with Gasteiger partial charge < -0.3 is 9.47 Å². The first-order chi connectivity index (χ1) is 17.2. The van der Waals surface area contributed by atoms with E-state index in [1.54, 1.807) is 0 Å². The highest BCUT2D eigenvalue weighted by Gasteiger charge is 2.45. The monoisotopic (exact) mass is 480 g/mol. The molecule has 0 unspecified atom stereocenters. The van der Waals surface area contributed by atoms with Crippen LogP contribution in [0.4, 0.5) is 0 Å². The van der Waals surface area contributed by atoms with Crippen LogP contribution in [0.1, 0.15) is 110 Å². The van der Waals surface area contributed by atoms with Crippen molar-refractivity contribution in [3.8, 4) is 16.9 Å². The molecular formula is C30H44N2O3. The number of nitrogens with zero attached hydrogens (tertiary/aromatic N) is 2. The third-order valence-electron chi connectivity index (χ3n) is 6.77. The quantitative estimate of drug-likeness (QED) is 0.0940. The maximum absolute atomic E-state index is 12.4. The van der Waals surface area contributed by atoms with Gasteiger partial charge in [0.05, 0.1) is 6.10 Å². The molecule has 0 radical (unpaired) electrons. The fourth-order valence-corrected chi connectivity index (χ4v) is 4.46. The molecule has 0 aliphatic carbocycles. The van der Waals surface area contributed by atoms with E-state index in [4.69, 9.17) is 9.47 Å². The van der Waals surface area contributed by atoms with Crippen molar-refractivity contribution in [3.63, 3.8) is 0 Å². The minimum absolute atomic E-state index is 0.0319. The van der Waals surface area contributed by atoms with E-state index in [0.29, 0.717) is 5.75 Å². The average Bonchev–Trinajstić information content (AvgIpc) is 3.66. The Morgan fingerprint density at radius 2 is 1.34 bits per heavy atom. The van der Waals surface area contributed by atoms with Crippen molar-refractivity contribution in [2.24, 2.45) is 0 Å². The van der Waals surface area contributed by atoms with Crippen molar-refractivity contribution in [2.75, 3.05) is 0 Å². The van der Waals surface area contributed by atoms with Crippen LogP contribution >= 0.6 is 0 Å². The van der Waals surface area contributed by atoms with Crippen molar-refractivity contribution in [2.45, 2.75) is 122 Å². The minimum atomic E-state index is -0.401. The van der Waals surface area contributed by atoms with Gasteiger partial charge in [-0.2, -0.15) is 0 Å². The SMILES string of the molecule is CCCCCCCCC[C@@H]1O[C@H]1C(=O)Oc1ccc(-c2cnc(CCCCCCCC)nc2)cc1. The molecule has 1 fully saturated rings. The van der Waals surface area contributed by atoms with Gasteiger partial charge in [-0.1, -0.05) is 103 Å². The first-order valence-electron chi connectivity index (χ1n) is 14.0. The summed E-state index contributed by atoms with van der Waals surface area (Å²) in [6.07, 6.45) is 21.8. The highest BCUT2D eigenvalue weighted by Crippen LogP contribution is 2.30. The van der Waals surface area contributed by atoms with Gasteiger partial charge in [-0.05, 0) is 30.5 Å². The summed E-state index contributed by atoms with van der Waals surface area (Å²) in [5, 5.41) is 0. The predicted molar refractivity (Wildman–Crippen MR) is 141 cm³/mol. The second kappa shape index (κ2) is 15.7. The molecule has 1 aromatic heterocycles. The van der Waals surface area contributed by atoms with Crippen LogP contribution in [0.15, 0.2) is 36.7 Å². The summed E-state index contributed by atoms with van der Waals surface area (Å²) in [5.74, 6) is 1.17. The summed E-state index contributed by atoms with van der Waals surface area (Å²) in [6.45, 7) is 4.48. The molecule has 1 aliphatic rings. The van der Waals surface area contributed by atoms with E-state index in [9.17, 15) is 4.79 Å². The molecule has 3 rings (SSSR count). The first-order valence-corrected chi connectivity index (χ1v) is 14.0. The zero-order chi connectivity index (χ0) is 24.7. The van der Waals surface area contributed by atoms with Crippen LogP contribution in [0.25, 0.3) is 11.1 Å². The van der Waals surface area contributed by atoms with Crippen LogP contribution in [-0.4, -0.2) is 28.1 Å². The predicted octanol–water partition coefficient (Wildman–Crippen LogP) is 7.86. The molecule has 0 amide bonds. The summed E-state index contributed by atoms with van der Waals surface area (Å²) >= 11 is 0. The number of carbonyl (C=O) groups excluding carboxylic acids is 1. The van der Waals surface area contributed by atoms with Gasteiger partial charge in [0.1, 0.15) is 11.6 Å². The Bertz CT molecular complexity index is 851. The van der Waals surface area contributed by atoms with E-state index < -0.39 is 6.10 Å². The molecule has 0 bridgehead atoms. The third kappa shape index (κ3) is 10.1. The summed E-state index contributed by atoms with van der Waals surface area (Å²) < 4.78 is 11.1. The highest BCUT2D eigenvalue weighted by atomic mass is 16.6. The Morgan fingerprint density at radius 1 is 0.771 bits per heavy atom. The van der Waals surface area contributed by atoms with E-state index in [2.05, 4.69) is 23.8 Å². The minimum Gasteiger partial charge on any atom is -0.425 e. The third-order valence-corrected chi connectivity index (χ3v) is 6.77. The van der Waals surface area contributed by atoms with Gasteiger partial charge in [0.25, 0.3) is 0 Å². The number of aromatic nitrogens is 2. The number of ether oxygens (including phenoxy) is 2. The fraction of sp³-hybridized carbons (Fsp3) is 0.633. The Hall–Kier alpha value is -2.27. The molecule has 0 N–H and O–H groups in total. The summed E-state index contributed by atoms with van der Waals surface area (Å²) in [4.78, 5) is 21.4. The van der Waals surface area contributed by atoms with Crippen molar-refractivity contribution in [3.05, 3.63) is 42.5 Å². The smallest absolute Gasteiger partial charge is 0.343 e. The Morgan fingerprint density at radius 3 is 1.97 bits per heavy atom. The maximum atomic E-state index is 12.4. The molecule has 1 aromatic carbocycles. The lowest BCUT2D eigenvalue weighted by Gasteiger charge is -2.06. The number of hydrogen-bond donors (Lipinski definition) is 0. The van der Waals surface area contributed by atoms with E-state index in [1.165, 1.54) is 70.6 Å². The lowest BCUT2D eigenvalue weighted by molar-refractivity contribution is -0.135. The van der Waals surface area contributed by atoms with Gasteiger partial charge in [-0.15, -0.1) is 0 Å². The lowest BCUT2D eigenvalue weighted by atomic mass is 10.1. The number of esters is 1. The maximum Gasteiger partial charge on any atom is 0.343 e. The summed E-state index contributed by atoms with van der Waals surface area (Å²) in [6, 6.07) is 7.53. The number of carbonyl (C=O) groups is 1. The lowest BCUT2D eigenvalue weighted by Crippen LogP contribution is -2.17. The fourth-order valence-electron chi connectivity index (χ4n) is 4.46. The van der Waals surface area contributed by atoms with Gasteiger partial charge in [-0.3, -0.25) is 0 Å². The van der Waals surface area contributed by atoms with Crippen molar-refractivity contribution < 1.29 is 14.3 Å². The van der Waals surface area contributed by atoms with E-state index in [0.717, 1.165) is 42.6 Å². The molecule has 2 atom stereocenters. The number of aryl methyl sites for hydroxylation is 1. The average molecular weight is 481 g/mol. The van der Waals surface area contributed by atoms with Crippen LogP contribution in [0.5, 0.6) is 5.75 Å². The zero-order valence-electron chi connectivity index (χ0n) is 21.8. The molecule has 192 valence electrons. The van der Waals surface area contributed by atoms with E-state index in [1.807, 2.05) is 36.7 Å². The molecular weight excluding hydrogens is 436 g/mol. The molecule has 1 saturated heterocycles. The second-order valence-corrected chi connectivity index (χ2v) is 9.86. The van der Waals surface area contributed by atoms with Gasteiger partial charge >= 0.3 is 5.97 Å². The number of unbranched alkanes of at least 4 members (excludes halogenated alkanes) is 11. The van der Waals surface area contributed by atoms with Crippen molar-refractivity contribution in [1.29, 1.82) is 0 Å². The molecule has 35 heavy (non-hydrogen) atoms. The molecule has 5 heteroatoms. The van der Waals surface area contributed by atoms with Gasteiger partial charge in [0.15, 0.2) is 6.10 Å². The van der Waals surface area contributed by atoms with Crippen molar-refractivity contribution >= 4 is 5.97 Å². The second-order valence-electron chi connectivity index (χ2n) is 9.86. The van der Waals surface area contributed by atoms with Crippen molar-refractivity contribution in [1.82, 2.24) is 9.97 Å².